The summed E-state index contributed by atoms with van der Waals surface area (Å²) in [5.74, 6) is 0.488. The molecular formula is C12H21N3O2. The average molecular weight is 239 g/mol. The van der Waals surface area contributed by atoms with Gasteiger partial charge in [-0.25, -0.2) is 0 Å². The minimum Gasteiger partial charge on any atom is -0.381 e. The zero-order valence-corrected chi connectivity index (χ0v) is 11.0. The Morgan fingerprint density at radius 1 is 1.53 bits per heavy atom. The lowest BCUT2D eigenvalue weighted by Crippen LogP contribution is -2.14. The summed E-state index contributed by atoms with van der Waals surface area (Å²) in [5, 5.41) is 9.71. The third-order valence-electron chi connectivity index (χ3n) is 2.33. The fourth-order valence-electron chi connectivity index (χ4n) is 1.28. The predicted molar refractivity (Wildman–Crippen MR) is 67.0 cm³/mol. The largest absolute Gasteiger partial charge is 0.381 e. The minimum atomic E-state index is -0.0783. The summed E-state index contributed by atoms with van der Waals surface area (Å²) < 4.78 is 5.11. The van der Waals surface area contributed by atoms with Gasteiger partial charge in [-0.15, -0.1) is 0 Å². The summed E-state index contributed by atoms with van der Waals surface area (Å²) in [5.41, 5.74) is 0.999. The van der Waals surface area contributed by atoms with Gasteiger partial charge in [0.2, 0.25) is 5.91 Å². The number of aromatic nitrogens is 2. The molecule has 0 bridgehead atoms. The van der Waals surface area contributed by atoms with Crippen LogP contribution in [0.1, 0.15) is 39.8 Å². The van der Waals surface area contributed by atoms with Crippen LogP contribution in [0.25, 0.3) is 0 Å². The third kappa shape index (κ3) is 4.56. The number of nitrogens with zero attached hydrogens (tertiary/aromatic N) is 1. The fraction of sp³-hybridized carbons (Fsp3) is 0.667. The van der Waals surface area contributed by atoms with Crippen LogP contribution in [0.4, 0.5) is 5.82 Å². The molecule has 0 aliphatic heterocycles. The summed E-state index contributed by atoms with van der Waals surface area (Å²) >= 11 is 0. The first-order chi connectivity index (χ1) is 7.93. The second-order valence-electron chi connectivity index (χ2n) is 4.91. The van der Waals surface area contributed by atoms with Crippen molar-refractivity contribution in [2.24, 2.45) is 0 Å². The SMILES string of the molecule is CCOCCC(=O)Nc1cc(C(C)(C)C)[nH]n1. The van der Waals surface area contributed by atoms with E-state index >= 15 is 0 Å². The Bertz CT molecular complexity index is 366. The van der Waals surface area contributed by atoms with Crippen LogP contribution in [-0.4, -0.2) is 29.3 Å². The van der Waals surface area contributed by atoms with Crippen LogP contribution < -0.4 is 5.32 Å². The molecule has 0 spiro atoms. The summed E-state index contributed by atoms with van der Waals surface area (Å²) in [6, 6.07) is 1.86. The van der Waals surface area contributed by atoms with Crippen LogP contribution in [0.2, 0.25) is 0 Å². The van der Waals surface area contributed by atoms with Gasteiger partial charge in [-0.1, -0.05) is 20.8 Å². The average Bonchev–Trinajstić information content (AvgIpc) is 2.66. The molecule has 0 radical (unpaired) electrons. The number of rotatable bonds is 5. The lowest BCUT2D eigenvalue weighted by Gasteiger charge is -2.14. The third-order valence-corrected chi connectivity index (χ3v) is 2.33. The van der Waals surface area contributed by atoms with Crippen molar-refractivity contribution >= 4 is 11.7 Å². The molecule has 0 unspecified atom stereocenters. The van der Waals surface area contributed by atoms with Crippen molar-refractivity contribution in [3.8, 4) is 0 Å². The first kappa shape index (κ1) is 13.7. The van der Waals surface area contributed by atoms with E-state index in [1.54, 1.807) is 0 Å². The van der Waals surface area contributed by atoms with E-state index in [-0.39, 0.29) is 11.3 Å². The second-order valence-corrected chi connectivity index (χ2v) is 4.91. The molecule has 1 amide bonds. The highest BCUT2D eigenvalue weighted by Gasteiger charge is 2.17. The molecule has 5 nitrogen and oxygen atoms in total. The summed E-state index contributed by atoms with van der Waals surface area (Å²) in [4.78, 5) is 11.5. The lowest BCUT2D eigenvalue weighted by atomic mass is 9.92. The molecule has 17 heavy (non-hydrogen) atoms. The number of anilines is 1. The minimum absolute atomic E-state index is 0.00129. The van der Waals surface area contributed by atoms with E-state index in [2.05, 4.69) is 36.3 Å². The number of H-pyrrole nitrogens is 1. The topological polar surface area (TPSA) is 67.0 Å². The Kier molecular flexibility index (Phi) is 4.69. The molecule has 5 heteroatoms. The molecule has 0 atom stereocenters. The van der Waals surface area contributed by atoms with Crippen molar-refractivity contribution in [3.05, 3.63) is 11.8 Å². The highest BCUT2D eigenvalue weighted by molar-refractivity contribution is 5.89. The smallest absolute Gasteiger partial charge is 0.227 e. The van der Waals surface area contributed by atoms with Crippen LogP contribution in [0.3, 0.4) is 0 Å². The number of aromatic amines is 1. The monoisotopic (exact) mass is 239 g/mol. The van der Waals surface area contributed by atoms with Gasteiger partial charge in [0.05, 0.1) is 13.0 Å². The molecule has 1 aromatic rings. The van der Waals surface area contributed by atoms with Gasteiger partial charge in [-0.05, 0) is 6.92 Å². The Morgan fingerprint density at radius 2 is 2.24 bits per heavy atom. The summed E-state index contributed by atoms with van der Waals surface area (Å²) in [7, 11) is 0. The van der Waals surface area contributed by atoms with Gasteiger partial charge in [0.25, 0.3) is 0 Å². The van der Waals surface area contributed by atoms with Crippen LogP contribution in [-0.2, 0) is 14.9 Å². The lowest BCUT2D eigenvalue weighted by molar-refractivity contribution is -0.117. The van der Waals surface area contributed by atoms with E-state index in [9.17, 15) is 4.79 Å². The Hall–Kier alpha value is -1.36. The maximum atomic E-state index is 11.5. The Balaban J connectivity index is 2.46. The van der Waals surface area contributed by atoms with Crippen LogP contribution >= 0.6 is 0 Å². The van der Waals surface area contributed by atoms with Crippen molar-refractivity contribution < 1.29 is 9.53 Å². The van der Waals surface area contributed by atoms with Gasteiger partial charge >= 0.3 is 0 Å². The van der Waals surface area contributed by atoms with Crippen molar-refractivity contribution in [1.29, 1.82) is 0 Å². The van der Waals surface area contributed by atoms with Gasteiger partial charge in [0.15, 0.2) is 5.82 Å². The van der Waals surface area contributed by atoms with E-state index in [1.807, 2.05) is 13.0 Å². The molecule has 0 aliphatic rings. The Labute approximate surface area is 102 Å². The first-order valence-electron chi connectivity index (χ1n) is 5.87. The standard InChI is InChI=1S/C12H21N3O2/c1-5-17-7-6-11(16)13-10-8-9(14-15-10)12(2,3)4/h8H,5-7H2,1-4H3,(H2,13,14,15,16). The van der Waals surface area contributed by atoms with Crippen LogP contribution in [0, 0.1) is 0 Å². The maximum absolute atomic E-state index is 11.5. The molecule has 0 aromatic carbocycles. The molecular weight excluding hydrogens is 218 g/mol. The fourth-order valence-corrected chi connectivity index (χ4v) is 1.28. The van der Waals surface area contributed by atoms with E-state index in [0.29, 0.717) is 25.5 Å². The molecule has 0 fully saturated rings. The molecule has 0 saturated heterocycles. The van der Waals surface area contributed by atoms with Crippen LogP contribution in [0.5, 0.6) is 0 Å². The Morgan fingerprint density at radius 3 is 2.76 bits per heavy atom. The van der Waals surface area contributed by atoms with Crippen molar-refractivity contribution in [2.75, 3.05) is 18.5 Å². The number of nitrogens with one attached hydrogen (secondary N) is 2. The second kappa shape index (κ2) is 5.82. The van der Waals surface area contributed by atoms with Gasteiger partial charge in [-0.3, -0.25) is 9.89 Å². The number of ether oxygens (including phenoxy) is 1. The zero-order valence-electron chi connectivity index (χ0n) is 11.0. The zero-order chi connectivity index (χ0) is 12.9. The molecule has 2 N–H and O–H groups in total. The van der Waals surface area contributed by atoms with E-state index in [0.717, 1.165) is 5.69 Å². The van der Waals surface area contributed by atoms with E-state index < -0.39 is 0 Å². The van der Waals surface area contributed by atoms with E-state index in [4.69, 9.17) is 4.74 Å². The van der Waals surface area contributed by atoms with E-state index in [1.165, 1.54) is 0 Å². The number of carbonyl (C=O) groups is 1. The quantitative estimate of drug-likeness (QED) is 0.773. The number of amides is 1. The van der Waals surface area contributed by atoms with Gasteiger partial charge in [-0.2, -0.15) is 5.10 Å². The molecule has 96 valence electrons. The molecule has 1 rings (SSSR count). The van der Waals surface area contributed by atoms with Gasteiger partial charge < -0.3 is 10.1 Å². The van der Waals surface area contributed by atoms with Crippen molar-refractivity contribution in [2.45, 2.75) is 39.5 Å². The van der Waals surface area contributed by atoms with Crippen molar-refractivity contribution in [3.63, 3.8) is 0 Å². The van der Waals surface area contributed by atoms with Gasteiger partial charge in [0.1, 0.15) is 0 Å². The molecule has 1 aromatic heterocycles. The number of hydrogen-bond acceptors (Lipinski definition) is 3. The number of carbonyl (C=O) groups excluding carboxylic acids is 1. The normalized spacial score (nSPS) is 11.5. The molecule has 0 aliphatic carbocycles. The van der Waals surface area contributed by atoms with Crippen LogP contribution in [0.15, 0.2) is 6.07 Å². The molecule has 0 saturated carbocycles. The maximum Gasteiger partial charge on any atom is 0.227 e. The molecule has 1 heterocycles. The highest BCUT2D eigenvalue weighted by Crippen LogP contribution is 2.21. The predicted octanol–water partition coefficient (Wildman–Crippen LogP) is 2.07. The highest BCUT2D eigenvalue weighted by atomic mass is 16.5. The number of hydrogen-bond donors (Lipinski definition) is 2. The summed E-state index contributed by atoms with van der Waals surface area (Å²) in [6.45, 7) is 9.23. The van der Waals surface area contributed by atoms with Gasteiger partial charge in [0, 0.05) is 23.8 Å². The summed E-state index contributed by atoms with van der Waals surface area (Å²) in [6.07, 6.45) is 0.353. The van der Waals surface area contributed by atoms with Crippen molar-refractivity contribution in [1.82, 2.24) is 10.2 Å². The first-order valence-corrected chi connectivity index (χ1v) is 5.87.